The van der Waals surface area contributed by atoms with E-state index in [9.17, 15) is 4.79 Å². The van der Waals surface area contributed by atoms with E-state index in [0.29, 0.717) is 17.7 Å². The van der Waals surface area contributed by atoms with Crippen LogP contribution in [0.3, 0.4) is 0 Å². The standard InChI is InChI=1S/C18H28N4OS/c1-24-16-6-4-5-15(16)20-18(23)8-10-21-11-13-22(14-12-21)17-7-2-3-9-19-17/h2-3,7,9,15-16H,4-6,8,10-14H2,1H3,(H,20,23)/t15-,16-/m0/s1. The molecule has 1 saturated carbocycles. The molecule has 2 heterocycles. The van der Waals surface area contributed by atoms with Gasteiger partial charge in [0.05, 0.1) is 0 Å². The van der Waals surface area contributed by atoms with Crippen molar-refractivity contribution in [1.82, 2.24) is 15.2 Å². The van der Waals surface area contributed by atoms with E-state index in [1.54, 1.807) is 0 Å². The van der Waals surface area contributed by atoms with Gasteiger partial charge in [0.1, 0.15) is 5.82 Å². The average Bonchev–Trinajstić information content (AvgIpc) is 3.08. The summed E-state index contributed by atoms with van der Waals surface area (Å²) in [5.74, 6) is 1.27. The van der Waals surface area contributed by atoms with Crippen LogP contribution in [-0.2, 0) is 4.79 Å². The van der Waals surface area contributed by atoms with Crippen LogP contribution in [0.25, 0.3) is 0 Å². The Morgan fingerprint density at radius 2 is 2.12 bits per heavy atom. The summed E-state index contributed by atoms with van der Waals surface area (Å²) in [6.07, 6.45) is 8.22. The second-order valence-electron chi connectivity index (χ2n) is 6.65. The van der Waals surface area contributed by atoms with Gasteiger partial charge in [-0.15, -0.1) is 0 Å². The number of amides is 1. The van der Waals surface area contributed by atoms with Gasteiger partial charge in [0.15, 0.2) is 0 Å². The zero-order valence-corrected chi connectivity index (χ0v) is 15.3. The molecule has 0 unspecified atom stereocenters. The molecule has 0 bridgehead atoms. The van der Waals surface area contributed by atoms with Gasteiger partial charge in [-0.3, -0.25) is 9.69 Å². The summed E-state index contributed by atoms with van der Waals surface area (Å²) in [5, 5.41) is 3.85. The first kappa shape index (κ1) is 17.5. The van der Waals surface area contributed by atoms with Crippen LogP contribution in [0.5, 0.6) is 0 Å². The lowest BCUT2D eigenvalue weighted by atomic mass is 10.2. The molecule has 1 aromatic rings. The summed E-state index contributed by atoms with van der Waals surface area (Å²) >= 11 is 1.89. The fraction of sp³-hybridized carbons (Fsp3) is 0.667. The number of thioether (sulfide) groups is 1. The number of piperazine rings is 1. The van der Waals surface area contributed by atoms with Crippen LogP contribution in [-0.4, -0.2) is 66.1 Å². The van der Waals surface area contributed by atoms with Crippen molar-refractivity contribution < 1.29 is 4.79 Å². The second-order valence-corrected chi connectivity index (χ2v) is 7.72. The summed E-state index contributed by atoms with van der Waals surface area (Å²) in [6.45, 7) is 4.82. The van der Waals surface area contributed by atoms with Gasteiger partial charge in [0.2, 0.25) is 5.91 Å². The Bertz CT molecular complexity index is 519. The smallest absolute Gasteiger partial charge is 0.221 e. The molecule has 3 rings (SSSR count). The summed E-state index contributed by atoms with van der Waals surface area (Å²) < 4.78 is 0. The molecule has 1 aliphatic heterocycles. The number of carbonyl (C=O) groups is 1. The fourth-order valence-corrected chi connectivity index (χ4v) is 4.59. The molecule has 1 aliphatic carbocycles. The fourth-order valence-electron chi connectivity index (χ4n) is 3.65. The van der Waals surface area contributed by atoms with Crippen molar-refractivity contribution in [3.8, 4) is 0 Å². The van der Waals surface area contributed by atoms with Gasteiger partial charge in [-0.05, 0) is 31.2 Å². The highest BCUT2D eigenvalue weighted by atomic mass is 32.2. The number of nitrogens with one attached hydrogen (secondary N) is 1. The SMILES string of the molecule is CS[C@H]1CCC[C@@H]1NC(=O)CCN1CCN(c2ccccn2)CC1. The third-order valence-corrected chi connectivity index (χ3v) is 6.27. The second kappa shape index (κ2) is 8.72. The molecule has 24 heavy (non-hydrogen) atoms. The number of anilines is 1. The molecule has 0 aromatic carbocycles. The van der Waals surface area contributed by atoms with Gasteiger partial charge in [-0.2, -0.15) is 11.8 Å². The molecule has 1 amide bonds. The maximum Gasteiger partial charge on any atom is 0.221 e. The van der Waals surface area contributed by atoms with Crippen molar-refractivity contribution in [2.24, 2.45) is 0 Å². The van der Waals surface area contributed by atoms with E-state index in [1.807, 2.05) is 30.1 Å². The van der Waals surface area contributed by atoms with Gasteiger partial charge in [-0.25, -0.2) is 4.98 Å². The van der Waals surface area contributed by atoms with Crippen molar-refractivity contribution in [3.05, 3.63) is 24.4 Å². The normalized spacial score (nSPS) is 25.0. The molecule has 1 N–H and O–H groups in total. The topological polar surface area (TPSA) is 48.5 Å². The first-order chi connectivity index (χ1) is 11.8. The van der Waals surface area contributed by atoms with Crippen LogP contribution in [0.4, 0.5) is 5.82 Å². The summed E-state index contributed by atoms with van der Waals surface area (Å²) in [5.41, 5.74) is 0. The lowest BCUT2D eigenvalue weighted by Crippen LogP contribution is -2.48. The molecule has 0 radical (unpaired) electrons. The highest BCUT2D eigenvalue weighted by Gasteiger charge is 2.27. The minimum absolute atomic E-state index is 0.216. The Kier molecular flexibility index (Phi) is 6.37. The van der Waals surface area contributed by atoms with E-state index in [1.165, 1.54) is 12.8 Å². The Morgan fingerprint density at radius 1 is 1.29 bits per heavy atom. The zero-order chi connectivity index (χ0) is 16.8. The Morgan fingerprint density at radius 3 is 2.83 bits per heavy atom. The third kappa shape index (κ3) is 4.63. The van der Waals surface area contributed by atoms with Gasteiger partial charge in [0, 0.05) is 56.6 Å². The van der Waals surface area contributed by atoms with Crippen molar-refractivity contribution in [3.63, 3.8) is 0 Å². The third-order valence-electron chi connectivity index (χ3n) is 5.10. The molecular weight excluding hydrogens is 320 g/mol. The van der Waals surface area contributed by atoms with Crippen molar-refractivity contribution in [2.45, 2.75) is 37.0 Å². The van der Waals surface area contributed by atoms with E-state index in [-0.39, 0.29) is 5.91 Å². The van der Waals surface area contributed by atoms with E-state index in [2.05, 4.69) is 32.4 Å². The van der Waals surface area contributed by atoms with Gasteiger partial charge in [-0.1, -0.05) is 12.5 Å². The Labute approximate surface area is 149 Å². The van der Waals surface area contributed by atoms with Crippen molar-refractivity contribution in [1.29, 1.82) is 0 Å². The maximum atomic E-state index is 12.2. The molecule has 6 heteroatoms. The van der Waals surface area contributed by atoms with Crippen molar-refractivity contribution >= 4 is 23.5 Å². The quantitative estimate of drug-likeness (QED) is 0.852. The monoisotopic (exact) mass is 348 g/mol. The molecule has 2 atom stereocenters. The van der Waals surface area contributed by atoms with E-state index >= 15 is 0 Å². The predicted octanol–water partition coefficient (Wildman–Crippen LogP) is 1.99. The predicted molar refractivity (Wildman–Crippen MR) is 101 cm³/mol. The summed E-state index contributed by atoms with van der Waals surface area (Å²) in [4.78, 5) is 21.3. The number of aromatic nitrogens is 1. The number of carbonyl (C=O) groups excluding carboxylic acids is 1. The maximum absolute atomic E-state index is 12.2. The van der Waals surface area contributed by atoms with Crippen molar-refractivity contribution in [2.75, 3.05) is 43.9 Å². The minimum atomic E-state index is 0.216. The van der Waals surface area contributed by atoms with E-state index in [0.717, 1.165) is 45.0 Å². The molecule has 2 aliphatic rings. The van der Waals surface area contributed by atoms with Crippen LogP contribution in [0.2, 0.25) is 0 Å². The van der Waals surface area contributed by atoms with Gasteiger partial charge >= 0.3 is 0 Å². The Hall–Kier alpha value is -1.27. The lowest BCUT2D eigenvalue weighted by molar-refractivity contribution is -0.122. The number of pyridine rings is 1. The van der Waals surface area contributed by atoms with E-state index < -0.39 is 0 Å². The molecule has 1 saturated heterocycles. The highest BCUT2D eigenvalue weighted by molar-refractivity contribution is 7.99. The summed E-state index contributed by atoms with van der Waals surface area (Å²) in [7, 11) is 0. The number of hydrogen-bond donors (Lipinski definition) is 1. The highest BCUT2D eigenvalue weighted by Crippen LogP contribution is 2.28. The molecule has 5 nitrogen and oxygen atoms in total. The first-order valence-corrected chi connectivity index (χ1v) is 10.3. The largest absolute Gasteiger partial charge is 0.354 e. The number of rotatable bonds is 6. The first-order valence-electron chi connectivity index (χ1n) is 8.97. The average molecular weight is 349 g/mol. The summed E-state index contributed by atoms with van der Waals surface area (Å²) in [6, 6.07) is 6.43. The molecular formula is C18H28N4OS. The van der Waals surface area contributed by atoms with Crippen LogP contribution < -0.4 is 10.2 Å². The zero-order valence-electron chi connectivity index (χ0n) is 14.5. The Balaban J connectivity index is 1.36. The lowest BCUT2D eigenvalue weighted by Gasteiger charge is -2.35. The van der Waals surface area contributed by atoms with Crippen LogP contribution in [0, 0.1) is 0 Å². The molecule has 0 spiro atoms. The van der Waals surface area contributed by atoms with Gasteiger partial charge in [0.25, 0.3) is 0 Å². The van der Waals surface area contributed by atoms with Crippen LogP contribution >= 0.6 is 11.8 Å². The molecule has 1 aromatic heterocycles. The number of nitrogens with zero attached hydrogens (tertiary/aromatic N) is 3. The van der Waals surface area contributed by atoms with E-state index in [4.69, 9.17) is 0 Å². The van der Waals surface area contributed by atoms with Gasteiger partial charge < -0.3 is 10.2 Å². The minimum Gasteiger partial charge on any atom is -0.354 e. The molecule has 132 valence electrons. The molecule has 2 fully saturated rings. The van der Waals surface area contributed by atoms with Crippen LogP contribution in [0.15, 0.2) is 24.4 Å². The van der Waals surface area contributed by atoms with Crippen LogP contribution in [0.1, 0.15) is 25.7 Å². The number of hydrogen-bond acceptors (Lipinski definition) is 5.